The number of ether oxygens (including phenoxy) is 2. The molecular weight excluding hydrogens is 495 g/mol. The third-order valence-electron chi connectivity index (χ3n) is 4.32. The summed E-state index contributed by atoms with van der Waals surface area (Å²) in [7, 11) is 10.7. The summed E-state index contributed by atoms with van der Waals surface area (Å²) in [5.74, 6) is -6.64. The molecule has 0 spiro atoms. The fourth-order valence-electron chi connectivity index (χ4n) is 2.72. The molecule has 0 heterocycles. The van der Waals surface area contributed by atoms with Gasteiger partial charge < -0.3 is 9.47 Å². The number of carbonyl (C=O) groups is 2. The predicted octanol–water partition coefficient (Wildman–Crippen LogP) is 1.67. The number of hydrogen-bond acceptors (Lipinski definition) is 6. The Labute approximate surface area is 194 Å². The standard InChI is InChI=1S/C17H15B3F6O7S/c18-5-9-3-10(6-19)14(11(4-9)7-20)32-12(27)1-2-13(28)33-15(16(21,22)23,17(24,25)26)8-34(29,30)31/h3-4H,1-2,5-8H2,(H,29,30,31). The quantitative estimate of drug-likeness (QED) is 0.168. The summed E-state index contributed by atoms with van der Waals surface area (Å²) in [4.78, 5) is 23.8. The van der Waals surface area contributed by atoms with Gasteiger partial charge in [0.15, 0.2) is 0 Å². The second-order valence-electron chi connectivity index (χ2n) is 6.85. The zero-order valence-corrected chi connectivity index (χ0v) is 18.0. The molecule has 17 heteroatoms. The van der Waals surface area contributed by atoms with Crippen LogP contribution in [0.15, 0.2) is 12.1 Å². The van der Waals surface area contributed by atoms with E-state index in [0.29, 0.717) is 5.56 Å². The Morgan fingerprint density at radius 3 is 1.65 bits per heavy atom. The summed E-state index contributed by atoms with van der Waals surface area (Å²) in [5, 5.41) is 0. The first-order valence-electron chi connectivity index (χ1n) is 9.16. The van der Waals surface area contributed by atoms with Gasteiger partial charge in [-0.3, -0.25) is 14.1 Å². The molecule has 182 valence electrons. The number of rotatable bonds is 10. The summed E-state index contributed by atoms with van der Waals surface area (Å²) >= 11 is 0. The van der Waals surface area contributed by atoms with Gasteiger partial charge in [-0.15, -0.1) is 0 Å². The number of hydrogen-bond donors (Lipinski definition) is 1. The Kier molecular flexibility index (Phi) is 9.72. The van der Waals surface area contributed by atoms with Crippen molar-refractivity contribution in [2.75, 3.05) is 5.75 Å². The first kappa shape index (κ1) is 29.9. The van der Waals surface area contributed by atoms with Crippen LogP contribution in [0.1, 0.15) is 29.5 Å². The maximum absolute atomic E-state index is 13.2. The van der Waals surface area contributed by atoms with Crippen molar-refractivity contribution < 1.29 is 58.4 Å². The molecule has 0 aromatic heterocycles. The van der Waals surface area contributed by atoms with Crippen molar-refractivity contribution in [1.82, 2.24) is 0 Å². The lowest BCUT2D eigenvalue weighted by atomic mass is 9.85. The van der Waals surface area contributed by atoms with Gasteiger partial charge >= 0.3 is 29.9 Å². The highest BCUT2D eigenvalue weighted by Gasteiger charge is 2.75. The van der Waals surface area contributed by atoms with Gasteiger partial charge in [-0.1, -0.05) is 36.7 Å². The van der Waals surface area contributed by atoms with Crippen LogP contribution in [0.4, 0.5) is 26.3 Å². The van der Waals surface area contributed by atoms with E-state index in [0.717, 1.165) is 0 Å². The molecule has 0 aliphatic rings. The number of alkyl halides is 6. The molecule has 0 bridgehead atoms. The van der Waals surface area contributed by atoms with Crippen molar-refractivity contribution in [3.05, 3.63) is 28.8 Å². The van der Waals surface area contributed by atoms with Crippen LogP contribution in [0, 0.1) is 0 Å². The minimum Gasteiger partial charge on any atom is -0.438 e. The third-order valence-corrected chi connectivity index (χ3v) is 5.09. The van der Waals surface area contributed by atoms with Crippen LogP contribution in [0.25, 0.3) is 0 Å². The van der Waals surface area contributed by atoms with Gasteiger partial charge in [-0.2, -0.15) is 34.8 Å². The molecule has 34 heavy (non-hydrogen) atoms. The number of carbonyl (C=O) groups excluding carboxylic acids is 2. The van der Waals surface area contributed by atoms with Gasteiger partial charge in [0.25, 0.3) is 10.1 Å². The van der Waals surface area contributed by atoms with E-state index in [1.54, 1.807) is 0 Å². The minimum absolute atomic E-state index is 0.0871. The van der Waals surface area contributed by atoms with Gasteiger partial charge in [0.05, 0.1) is 36.4 Å². The zero-order chi connectivity index (χ0) is 26.5. The number of halogens is 6. The highest BCUT2D eigenvalue weighted by Crippen LogP contribution is 2.47. The maximum Gasteiger partial charge on any atom is 0.438 e. The van der Waals surface area contributed by atoms with Crippen LogP contribution in [-0.2, 0) is 43.4 Å². The van der Waals surface area contributed by atoms with Crippen molar-refractivity contribution >= 4 is 45.6 Å². The second-order valence-corrected chi connectivity index (χ2v) is 8.30. The summed E-state index contributed by atoms with van der Waals surface area (Å²) in [6.45, 7) is 0. The molecule has 0 saturated carbocycles. The first-order valence-corrected chi connectivity index (χ1v) is 10.8. The molecule has 0 aliphatic heterocycles. The molecular formula is C17H15B3F6O7S. The first-order chi connectivity index (χ1) is 15.4. The Morgan fingerprint density at radius 2 is 1.29 bits per heavy atom. The molecule has 0 fully saturated rings. The average Bonchev–Trinajstić information content (AvgIpc) is 2.69. The zero-order valence-electron chi connectivity index (χ0n) is 17.2. The van der Waals surface area contributed by atoms with E-state index in [2.05, 4.69) is 4.74 Å². The van der Waals surface area contributed by atoms with E-state index >= 15 is 0 Å². The van der Waals surface area contributed by atoms with E-state index in [9.17, 15) is 44.3 Å². The van der Waals surface area contributed by atoms with Crippen molar-refractivity contribution in [3.63, 3.8) is 0 Å². The van der Waals surface area contributed by atoms with E-state index in [1.165, 1.54) is 12.1 Å². The van der Waals surface area contributed by atoms with E-state index in [1.807, 2.05) is 0 Å². The monoisotopic (exact) mass is 510 g/mol. The van der Waals surface area contributed by atoms with Crippen LogP contribution in [0.3, 0.4) is 0 Å². The third kappa shape index (κ3) is 7.42. The molecule has 1 aromatic rings. The molecule has 0 unspecified atom stereocenters. The number of esters is 2. The second kappa shape index (κ2) is 11.1. The Bertz CT molecular complexity index is 973. The molecule has 0 amide bonds. The highest BCUT2D eigenvalue weighted by molar-refractivity contribution is 7.85. The molecule has 6 radical (unpaired) electrons. The average molecular weight is 510 g/mol. The van der Waals surface area contributed by atoms with Crippen LogP contribution in [0.5, 0.6) is 5.75 Å². The SMILES string of the molecule is [B]Cc1cc(C[B])c(OC(=O)CCC(=O)OC(CS(=O)(=O)O)(C(F)(F)F)C(F)(F)F)c(C[B])c1. The van der Waals surface area contributed by atoms with Crippen molar-refractivity contribution in [3.8, 4) is 5.75 Å². The van der Waals surface area contributed by atoms with Crippen LogP contribution in [0.2, 0.25) is 0 Å². The Morgan fingerprint density at radius 1 is 0.853 bits per heavy atom. The highest BCUT2D eigenvalue weighted by atomic mass is 32.2. The Balaban J connectivity index is 3.08. The van der Waals surface area contributed by atoms with Crippen LogP contribution in [-0.4, -0.2) is 72.2 Å². The van der Waals surface area contributed by atoms with Crippen LogP contribution < -0.4 is 4.74 Å². The topological polar surface area (TPSA) is 107 Å². The van der Waals surface area contributed by atoms with Gasteiger partial charge in [0.2, 0.25) is 0 Å². The lowest BCUT2D eigenvalue weighted by Crippen LogP contribution is -2.63. The van der Waals surface area contributed by atoms with E-state index < -0.39 is 58.6 Å². The summed E-state index contributed by atoms with van der Waals surface area (Å²) in [6.07, 6.45) is -15.6. The minimum atomic E-state index is -6.48. The lowest BCUT2D eigenvalue weighted by molar-refractivity contribution is -0.361. The van der Waals surface area contributed by atoms with Gasteiger partial charge in [-0.05, 0) is 11.1 Å². The summed E-state index contributed by atoms with van der Waals surface area (Å²) in [6, 6.07) is 2.96. The van der Waals surface area contributed by atoms with Gasteiger partial charge in [-0.25, -0.2) is 0 Å². The molecule has 7 nitrogen and oxygen atoms in total. The van der Waals surface area contributed by atoms with E-state index in [4.69, 9.17) is 32.8 Å². The predicted molar refractivity (Wildman–Crippen MR) is 107 cm³/mol. The summed E-state index contributed by atoms with van der Waals surface area (Å²) < 4.78 is 118. The maximum atomic E-state index is 13.2. The van der Waals surface area contributed by atoms with Crippen molar-refractivity contribution in [2.45, 2.75) is 49.8 Å². The van der Waals surface area contributed by atoms with Gasteiger partial charge in [0.1, 0.15) is 11.5 Å². The normalized spacial score (nSPS) is 12.9. The summed E-state index contributed by atoms with van der Waals surface area (Å²) in [5.41, 5.74) is -4.45. The molecule has 1 rings (SSSR count). The van der Waals surface area contributed by atoms with Crippen LogP contribution >= 0.6 is 0 Å². The molecule has 0 saturated heterocycles. The molecule has 0 atom stereocenters. The molecule has 1 aromatic carbocycles. The largest absolute Gasteiger partial charge is 0.438 e. The van der Waals surface area contributed by atoms with Gasteiger partial charge in [0, 0.05) is 0 Å². The lowest BCUT2D eigenvalue weighted by Gasteiger charge is -2.35. The smallest absolute Gasteiger partial charge is 0.438 e. The number of benzene rings is 1. The molecule has 0 aliphatic carbocycles. The van der Waals surface area contributed by atoms with Crippen molar-refractivity contribution in [2.24, 2.45) is 0 Å². The Hall–Kier alpha value is -2.16. The fourth-order valence-corrected chi connectivity index (χ4v) is 3.62. The molecule has 1 N–H and O–H groups in total. The van der Waals surface area contributed by atoms with Crippen molar-refractivity contribution in [1.29, 1.82) is 0 Å². The fraction of sp³-hybridized carbons (Fsp3) is 0.529. The van der Waals surface area contributed by atoms with E-state index in [-0.39, 0.29) is 35.8 Å².